The van der Waals surface area contributed by atoms with Gasteiger partial charge in [-0.05, 0) is 62.4 Å². The number of aromatic nitrogens is 1. The van der Waals surface area contributed by atoms with Gasteiger partial charge in [-0.15, -0.1) is 0 Å². The zero-order valence-electron chi connectivity index (χ0n) is 15.6. The maximum atomic E-state index is 12.2. The number of para-hydroxylation sites is 1. The van der Waals surface area contributed by atoms with Crippen molar-refractivity contribution in [2.45, 2.75) is 13.8 Å². The van der Waals surface area contributed by atoms with Crippen LogP contribution in [0, 0.1) is 25.2 Å². The average Bonchev–Trinajstić information content (AvgIpc) is 3.05. The van der Waals surface area contributed by atoms with Gasteiger partial charge in [-0.3, -0.25) is 4.79 Å². The first-order chi connectivity index (χ1) is 13.5. The molecule has 0 fully saturated rings. The Bertz CT molecular complexity index is 1040. The van der Waals surface area contributed by atoms with Crippen molar-refractivity contribution in [3.8, 4) is 11.8 Å². The maximum Gasteiger partial charge on any atom is 0.338 e. The first-order valence-electron chi connectivity index (χ1n) is 8.71. The molecule has 0 saturated heterocycles. The topological polar surface area (TPSA) is 84.1 Å². The molecule has 0 atom stereocenters. The summed E-state index contributed by atoms with van der Waals surface area (Å²) in [6.45, 7) is 3.59. The molecule has 1 heterocycles. The minimum absolute atomic E-state index is 0.341. The number of carbonyl (C=O) groups excluding carboxylic acids is 2. The summed E-state index contributed by atoms with van der Waals surface area (Å²) in [4.78, 5) is 24.2. The third kappa shape index (κ3) is 4.10. The highest BCUT2D eigenvalue weighted by Gasteiger charge is 2.12. The first kappa shape index (κ1) is 18.9. The van der Waals surface area contributed by atoms with E-state index in [0.29, 0.717) is 16.8 Å². The van der Waals surface area contributed by atoms with Gasteiger partial charge < -0.3 is 14.6 Å². The molecule has 0 unspecified atom stereocenters. The third-order valence-corrected chi connectivity index (χ3v) is 4.29. The summed E-state index contributed by atoms with van der Waals surface area (Å²) in [7, 11) is 0. The second-order valence-electron chi connectivity index (χ2n) is 6.28. The Balaban J connectivity index is 1.61. The van der Waals surface area contributed by atoms with Crippen molar-refractivity contribution in [3.63, 3.8) is 0 Å². The lowest BCUT2D eigenvalue weighted by atomic mass is 10.2. The second kappa shape index (κ2) is 8.23. The number of ether oxygens (including phenoxy) is 1. The molecule has 0 spiro atoms. The molecule has 0 radical (unpaired) electrons. The molecule has 6 heteroatoms. The van der Waals surface area contributed by atoms with Gasteiger partial charge in [0, 0.05) is 17.1 Å². The predicted molar refractivity (Wildman–Crippen MR) is 105 cm³/mol. The van der Waals surface area contributed by atoms with Gasteiger partial charge in [0.2, 0.25) is 0 Å². The third-order valence-electron chi connectivity index (χ3n) is 4.29. The van der Waals surface area contributed by atoms with Crippen LogP contribution in [-0.4, -0.2) is 23.1 Å². The molecule has 140 valence electrons. The second-order valence-corrected chi connectivity index (χ2v) is 6.28. The molecule has 1 N–H and O–H groups in total. The van der Waals surface area contributed by atoms with Gasteiger partial charge in [0.25, 0.3) is 5.91 Å². The van der Waals surface area contributed by atoms with E-state index in [4.69, 9.17) is 10.00 Å². The summed E-state index contributed by atoms with van der Waals surface area (Å²) in [5.41, 5.74) is 4.23. The van der Waals surface area contributed by atoms with Crippen molar-refractivity contribution in [1.82, 2.24) is 4.57 Å². The lowest BCUT2D eigenvalue weighted by Crippen LogP contribution is -2.21. The Hall–Kier alpha value is -3.85. The highest BCUT2D eigenvalue weighted by Crippen LogP contribution is 2.17. The fourth-order valence-corrected chi connectivity index (χ4v) is 2.91. The van der Waals surface area contributed by atoms with E-state index in [-0.39, 0.29) is 0 Å². The van der Waals surface area contributed by atoms with E-state index in [1.807, 2.05) is 44.2 Å². The van der Waals surface area contributed by atoms with Crippen molar-refractivity contribution in [2.75, 3.05) is 11.9 Å². The van der Waals surface area contributed by atoms with Gasteiger partial charge in [0.05, 0.1) is 16.8 Å². The van der Waals surface area contributed by atoms with Crippen LogP contribution in [0.3, 0.4) is 0 Å². The number of nitrogens with one attached hydrogen (secondary N) is 1. The van der Waals surface area contributed by atoms with Gasteiger partial charge in [-0.1, -0.05) is 12.1 Å². The lowest BCUT2D eigenvalue weighted by Gasteiger charge is -2.10. The predicted octanol–water partition coefficient (Wildman–Crippen LogP) is 3.76. The van der Waals surface area contributed by atoms with Crippen molar-refractivity contribution < 1.29 is 14.3 Å². The Labute approximate surface area is 163 Å². The molecule has 28 heavy (non-hydrogen) atoms. The van der Waals surface area contributed by atoms with Crippen molar-refractivity contribution in [3.05, 3.63) is 83.2 Å². The number of anilines is 1. The minimum Gasteiger partial charge on any atom is -0.452 e. The van der Waals surface area contributed by atoms with E-state index in [0.717, 1.165) is 17.1 Å². The van der Waals surface area contributed by atoms with Crippen LogP contribution in [-0.2, 0) is 9.53 Å². The summed E-state index contributed by atoms with van der Waals surface area (Å²) in [6.07, 6.45) is 0. The quantitative estimate of drug-likeness (QED) is 0.690. The number of hydrogen-bond acceptors (Lipinski definition) is 4. The molecule has 1 amide bonds. The highest BCUT2D eigenvalue weighted by atomic mass is 16.5. The van der Waals surface area contributed by atoms with Crippen LogP contribution in [0.15, 0.2) is 60.7 Å². The van der Waals surface area contributed by atoms with Crippen LogP contribution in [0.25, 0.3) is 5.69 Å². The largest absolute Gasteiger partial charge is 0.452 e. The Morgan fingerprint density at radius 1 is 1.00 bits per heavy atom. The standard InChI is InChI=1S/C22H19N3O3/c1-15-7-8-16(2)25(15)19-11-9-17(10-12-19)22(27)28-14-21(26)24-20-6-4-3-5-18(20)13-23/h3-12H,14H2,1-2H3,(H,24,26). The molecule has 0 saturated carbocycles. The van der Waals surface area contributed by atoms with E-state index < -0.39 is 18.5 Å². The van der Waals surface area contributed by atoms with E-state index in [1.165, 1.54) is 0 Å². The SMILES string of the molecule is Cc1ccc(C)n1-c1ccc(C(=O)OCC(=O)Nc2ccccc2C#N)cc1. The summed E-state index contributed by atoms with van der Waals surface area (Å²) >= 11 is 0. The number of nitriles is 1. The van der Waals surface area contributed by atoms with Crippen molar-refractivity contribution in [1.29, 1.82) is 5.26 Å². The number of nitrogens with zero attached hydrogens (tertiary/aromatic N) is 2. The summed E-state index contributed by atoms with van der Waals surface area (Å²) in [5, 5.41) is 11.6. The van der Waals surface area contributed by atoms with Gasteiger partial charge in [0.1, 0.15) is 6.07 Å². The average molecular weight is 373 g/mol. The monoisotopic (exact) mass is 373 g/mol. The maximum absolute atomic E-state index is 12.2. The highest BCUT2D eigenvalue weighted by molar-refractivity contribution is 5.96. The zero-order valence-corrected chi connectivity index (χ0v) is 15.6. The number of carbonyl (C=O) groups is 2. The lowest BCUT2D eigenvalue weighted by molar-refractivity contribution is -0.119. The first-order valence-corrected chi connectivity index (χ1v) is 8.71. The summed E-state index contributed by atoms with van der Waals surface area (Å²) in [6, 6.07) is 19.7. The van der Waals surface area contributed by atoms with Crippen LogP contribution in [0.5, 0.6) is 0 Å². The van der Waals surface area contributed by atoms with Crippen LogP contribution in [0.4, 0.5) is 5.69 Å². The normalized spacial score (nSPS) is 10.2. The summed E-state index contributed by atoms with van der Waals surface area (Å²) < 4.78 is 7.15. The van der Waals surface area contributed by atoms with Gasteiger partial charge in [-0.25, -0.2) is 4.79 Å². The molecule has 0 aliphatic heterocycles. The Kier molecular flexibility index (Phi) is 5.56. The number of aryl methyl sites for hydroxylation is 2. The number of amides is 1. The molecule has 0 aliphatic rings. The molecule has 6 nitrogen and oxygen atoms in total. The molecular weight excluding hydrogens is 354 g/mol. The van der Waals surface area contributed by atoms with Gasteiger partial charge >= 0.3 is 5.97 Å². The van der Waals surface area contributed by atoms with Crippen molar-refractivity contribution in [2.24, 2.45) is 0 Å². The molecule has 1 aromatic heterocycles. The molecule has 0 aliphatic carbocycles. The number of rotatable bonds is 5. The van der Waals surface area contributed by atoms with Crippen LogP contribution >= 0.6 is 0 Å². The van der Waals surface area contributed by atoms with E-state index in [1.54, 1.807) is 36.4 Å². The fraction of sp³-hybridized carbons (Fsp3) is 0.136. The van der Waals surface area contributed by atoms with Crippen molar-refractivity contribution >= 4 is 17.6 Å². The molecule has 3 aromatic rings. The smallest absolute Gasteiger partial charge is 0.338 e. The number of hydrogen-bond donors (Lipinski definition) is 1. The van der Waals surface area contributed by atoms with Crippen LogP contribution < -0.4 is 5.32 Å². The number of benzene rings is 2. The molecule has 3 rings (SSSR count). The Morgan fingerprint density at radius 3 is 2.29 bits per heavy atom. The molecule has 0 bridgehead atoms. The van der Waals surface area contributed by atoms with Gasteiger partial charge in [-0.2, -0.15) is 5.26 Å². The summed E-state index contributed by atoms with van der Waals surface area (Å²) in [5.74, 6) is -1.09. The minimum atomic E-state index is -0.587. The Morgan fingerprint density at radius 2 is 1.64 bits per heavy atom. The van der Waals surface area contributed by atoms with E-state index >= 15 is 0 Å². The van der Waals surface area contributed by atoms with Gasteiger partial charge in [0.15, 0.2) is 6.61 Å². The fourth-order valence-electron chi connectivity index (χ4n) is 2.91. The van der Waals surface area contributed by atoms with Crippen LogP contribution in [0.1, 0.15) is 27.3 Å². The van der Waals surface area contributed by atoms with E-state index in [2.05, 4.69) is 9.88 Å². The van der Waals surface area contributed by atoms with Crippen LogP contribution in [0.2, 0.25) is 0 Å². The molecule has 2 aromatic carbocycles. The number of esters is 1. The van der Waals surface area contributed by atoms with E-state index in [9.17, 15) is 9.59 Å². The molecular formula is C22H19N3O3. The zero-order chi connectivity index (χ0) is 20.1.